The van der Waals surface area contributed by atoms with Crippen LogP contribution >= 0.6 is 0 Å². The maximum atomic E-state index is 13.5. The molecule has 1 aliphatic heterocycles. The van der Waals surface area contributed by atoms with E-state index < -0.39 is 0 Å². The number of carbonyl (C=O) groups is 1. The van der Waals surface area contributed by atoms with E-state index >= 15 is 0 Å². The molecule has 0 aromatic heterocycles. The number of amides is 1. The molecule has 3 aromatic carbocycles. The highest BCUT2D eigenvalue weighted by Crippen LogP contribution is 2.40. The van der Waals surface area contributed by atoms with Crippen LogP contribution < -0.4 is 14.8 Å². The molecule has 2 unspecified atom stereocenters. The van der Waals surface area contributed by atoms with Crippen LogP contribution in [0.3, 0.4) is 0 Å². The molecular weight excluding hydrogens is 431 g/mol. The SMILES string of the molecule is COc1cc2c(cc1OC)C(Cc1ccc(F)cc1)N(C(C)C(=O)NCc1ccccc1)CC2. The van der Waals surface area contributed by atoms with Crippen molar-refractivity contribution in [3.63, 3.8) is 0 Å². The molecule has 1 aliphatic rings. The average molecular weight is 463 g/mol. The molecule has 0 aliphatic carbocycles. The summed E-state index contributed by atoms with van der Waals surface area (Å²) in [5.41, 5.74) is 4.36. The number of hydrogen-bond acceptors (Lipinski definition) is 4. The van der Waals surface area contributed by atoms with Gasteiger partial charge in [-0.1, -0.05) is 42.5 Å². The third-order valence-electron chi connectivity index (χ3n) is 6.57. The first-order valence-electron chi connectivity index (χ1n) is 11.6. The highest BCUT2D eigenvalue weighted by atomic mass is 19.1. The van der Waals surface area contributed by atoms with Gasteiger partial charge in [-0.25, -0.2) is 4.39 Å². The molecule has 178 valence electrons. The predicted molar refractivity (Wildman–Crippen MR) is 131 cm³/mol. The molecule has 0 spiro atoms. The van der Waals surface area contributed by atoms with E-state index in [2.05, 4.69) is 10.2 Å². The van der Waals surface area contributed by atoms with Gasteiger partial charge in [0.1, 0.15) is 5.82 Å². The van der Waals surface area contributed by atoms with Gasteiger partial charge >= 0.3 is 0 Å². The number of fused-ring (bicyclic) bond motifs is 1. The van der Waals surface area contributed by atoms with Gasteiger partial charge in [0.05, 0.1) is 20.3 Å². The van der Waals surface area contributed by atoms with Gasteiger partial charge in [0, 0.05) is 19.1 Å². The molecule has 3 aromatic rings. The second-order valence-corrected chi connectivity index (χ2v) is 8.62. The van der Waals surface area contributed by atoms with Crippen LogP contribution in [0.5, 0.6) is 11.5 Å². The van der Waals surface area contributed by atoms with E-state index in [-0.39, 0.29) is 23.8 Å². The van der Waals surface area contributed by atoms with Crippen LogP contribution in [0, 0.1) is 5.82 Å². The molecule has 0 saturated carbocycles. The first-order chi connectivity index (χ1) is 16.5. The summed E-state index contributed by atoms with van der Waals surface area (Å²) in [6.07, 6.45) is 1.45. The molecule has 4 rings (SSSR count). The lowest BCUT2D eigenvalue weighted by Crippen LogP contribution is -2.49. The fourth-order valence-corrected chi connectivity index (χ4v) is 4.67. The number of ether oxygens (including phenoxy) is 2. The van der Waals surface area contributed by atoms with Gasteiger partial charge in [-0.2, -0.15) is 0 Å². The average Bonchev–Trinajstić information content (AvgIpc) is 2.88. The second-order valence-electron chi connectivity index (χ2n) is 8.62. The summed E-state index contributed by atoms with van der Waals surface area (Å²) in [6, 6.07) is 20.1. The van der Waals surface area contributed by atoms with Crippen LogP contribution in [0.2, 0.25) is 0 Å². The number of methoxy groups -OCH3 is 2. The third-order valence-corrected chi connectivity index (χ3v) is 6.57. The Bertz CT molecular complexity index is 1120. The molecule has 1 heterocycles. The summed E-state index contributed by atoms with van der Waals surface area (Å²) in [5, 5.41) is 3.08. The first-order valence-corrected chi connectivity index (χ1v) is 11.6. The van der Waals surface area contributed by atoms with Crippen molar-refractivity contribution in [2.75, 3.05) is 20.8 Å². The molecule has 0 bridgehead atoms. The zero-order valence-corrected chi connectivity index (χ0v) is 19.9. The number of carbonyl (C=O) groups excluding carboxylic acids is 1. The molecule has 6 heteroatoms. The number of nitrogens with zero attached hydrogens (tertiary/aromatic N) is 1. The molecule has 0 saturated heterocycles. The summed E-state index contributed by atoms with van der Waals surface area (Å²) in [7, 11) is 3.26. The molecule has 0 radical (unpaired) electrons. The highest BCUT2D eigenvalue weighted by Gasteiger charge is 2.34. The van der Waals surface area contributed by atoms with Crippen molar-refractivity contribution in [1.29, 1.82) is 0 Å². The lowest BCUT2D eigenvalue weighted by molar-refractivity contribution is -0.127. The smallest absolute Gasteiger partial charge is 0.237 e. The van der Waals surface area contributed by atoms with E-state index in [4.69, 9.17) is 9.47 Å². The Morgan fingerprint density at radius 3 is 2.38 bits per heavy atom. The highest BCUT2D eigenvalue weighted by molar-refractivity contribution is 5.81. The van der Waals surface area contributed by atoms with Crippen molar-refractivity contribution >= 4 is 5.91 Å². The molecule has 1 amide bonds. The third kappa shape index (κ3) is 5.23. The van der Waals surface area contributed by atoms with Gasteiger partial charge in [0.2, 0.25) is 5.91 Å². The van der Waals surface area contributed by atoms with Crippen LogP contribution in [0.25, 0.3) is 0 Å². The Balaban J connectivity index is 1.62. The Labute approximate surface area is 200 Å². The van der Waals surface area contributed by atoms with E-state index in [0.29, 0.717) is 24.5 Å². The standard InChI is InChI=1S/C28H31FN2O3/c1-19(28(32)30-18-21-7-5-4-6-8-21)31-14-13-22-16-26(33-2)27(34-3)17-24(22)25(31)15-20-9-11-23(29)12-10-20/h4-12,16-17,19,25H,13-15,18H2,1-3H3,(H,30,32). The predicted octanol–water partition coefficient (Wildman–Crippen LogP) is 4.69. The van der Waals surface area contributed by atoms with Gasteiger partial charge < -0.3 is 14.8 Å². The Morgan fingerprint density at radius 1 is 1.03 bits per heavy atom. The van der Waals surface area contributed by atoms with Crippen LogP contribution in [0.4, 0.5) is 4.39 Å². The van der Waals surface area contributed by atoms with Crippen LogP contribution in [0.15, 0.2) is 66.7 Å². The van der Waals surface area contributed by atoms with E-state index in [9.17, 15) is 9.18 Å². The van der Waals surface area contributed by atoms with Crippen molar-refractivity contribution in [3.8, 4) is 11.5 Å². The fourth-order valence-electron chi connectivity index (χ4n) is 4.67. The Morgan fingerprint density at radius 2 is 1.71 bits per heavy atom. The van der Waals surface area contributed by atoms with Gasteiger partial charge in [-0.15, -0.1) is 0 Å². The van der Waals surface area contributed by atoms with Crippen molar-refractivity contribution in [2.24, 2.45) is 0 Å². The number of rotatable bonds is 8. The Hall–Kier alpha value is -3.38. The van der Waals surface area contributed by atoms with Gasteiger partial charge in [-0.3, -0.25) is 9.69 Å². The second kappa shape index (κ2) is 10.7. The molecule has 0 fully saturated rings. The van der Waals surface area contributed by atoms with Crippen molar-refractivity contribution in [1.82, 2.24) is 10.2 Å². The summed E-state index contributed by atoms with van der Waals surface area (Å²) in [6.45, 7) is 3.17. The summed E-state index contributed by atoms with van der Waals surface area (Å²) in [5.74, 6) is 1.08. The number of benzene rings is 3. The molecule has 1 N–H and O–H groups in total. The zero-order valence-electron chi connectivity index (χ0n) is 19.9. The van der Waals surface area contributed by atoms with Crippen molar-refractivity contribution in [3.05, 3.63) is 94.8 Å². The molecular formula is C28H31FN2O3. The first kappa shape index (κ1) is 23.8. The summed E-state index contributed by atoms with van der Waals surface area (Å²) < 4.78 is 24.6. The van der Waals surface area contributed by atoms with Crippen LogP contribution in [-0.4, -0.2) is 37.6 Å². The van der Waals surface area contributed by atoms with Crippen molar-refractivity contribution in [2.45, 2.75) is 38.4 Å². The summed E-state index contributed by atoms with van der Waals surface area (Å²) >= 11 is 0. The van der Waals surface area contributed by atoms with E-state index in [1.165, 1.54) is 17.7 Å². The largest absolute Gasteiger partial charge is 0.493 e. The molecule has 34 heavy (non-hydrogen) atoms. The Kier molecular flexibility index (Phi) is 7.48. The maximum Gasteiger partial charge on any atom is 0.237 e. The van der Waals surface area contributed by atoms with Gasteiger partial charge in [0.15, 0.2) is 11.5 Å². The van der Waals surface area contributed by atoms with Gasteiger partial charge in [0.25, 0.3) is 0 Å². The van der Waals surface area contributed by atoms with Crippen LogP contribution in [0.1, 0.15) is 35.2 Å². The molecule has 2 atom stereocenters. The van der Waals surface area contributed by atoms with E-state index in [1.807, 2.05) is 61.5 Å². The number of nitrogens with one attached hydrogen (secondary N) is 1. The topological polar surface area (TPSA) is 50.8 Å². The normalized spacial score (nSPS) is 16.4. The minimum absolute atomic E-state index is 0.0168. The zero-order chi connectivity index (χ0) is 24.1. The fraction of sp³-hybridized carbons (Fsp3) is 0.321. The lowest BCUT2D eigenvalue weighted by atomic mass is 9.87. The van der Waals surface area contributed by atoms with Gasteiger partial charge in [-0.05, 0) is 66.3 Å². The quantitative estimate of drug-likeness (QED) is 0.528. The minimum Gasteiger partial charge on any atom is -0.493 e. The van der Waals surface area contributed by atoms with E-state index in [1.54, 1.807) is 14.2 Å². The minimum atomic E-state index is -0.338. The van der Waals surface area contributed by atoms with E-state index in [0.717, 1.165) is 29.7 Å². The van der Waals surface area contributed by atoms with Crippen LogP contribution in [-0.2, 0) is 24.2 Å². The summed E-state index contributed by atoms with van der Waals surface area (Å²) in [4.78, 5) is 15.4. The monoisotopic (exact) mass is 462 g/mol. The molecule has 5 nitrogen and oxygen atoms in total. The number of halogens is 1. The number of hydrogen-bond donors (Lipinski definition) is 1. The maximum absolute atomic E-state index is 13.5. The lowest BCUT2D eigenvalue weighted by Gasteiger charge is -2.41. The van der Waals surface area contributed by atoms with Crippen molar-refractivity contribution < 1.29 is 18.7 Å².